The van der Waals surface area contributed by atoms with Crippen LogP contribution >= 0.6 is 0 Å². The molecule has 1 unspecified atom stereocenters. The Kier molecular flexibility index (Phi) is 5.09. The first kappa shape index (κ1) is 15.2. The number of likely N-dealkylation sites (tertiary alicyclic amines) is 1. The fraction of sp³-hybridized carbons (Fsp3) is 0.438. The topological polar surface area (TPSA) is 63.7 Å². The molecular weight excluding hydrogens is 270 g/mol. The van der Waals surface area contributed by atoms with Crippen molar-refractivity contribution in [3.63, 3.8) is 0 Å². The van der Waals surface area contributed by atoms with Crippen LogP contribution in [0.4, 0.5) is 0 Å². The number of methoxy groups -OCH3 is 1. The Morgan fingerprint density at radius 2 is 2.00 bits per heavy atom. The number of rotatable bonds is 4. The minimum Gasteiger partial charge on any atom is -0.468 e. The summed E-state index contributed by atoms with van der Waals surface area (Å²) in [6.07, 6.45) is 1.26. The van der Waals surface area contributed by atoms with E-state index in [-0.39, 0.29) is 24.7 Å². The number of ketones is 1. The van der Waals surface area contributed by atoms with E-state index in [9.17, 15) is 14.4 Å². The number of esters is 1. The van der Waals surface area contributed by atoms with E-state index in [0.717, 1.165) is 5.56 Å². The normalized spacial score (nSPS) is 18.4. The molecule has 5 nitrogen and oxygen atoms in total. The highest BCUT2D eigenvalue weighted by Crippen LogP contribution is 2.16. The maximum Gasteiger partial charge on any atom is 0.318 e. The molecule has 0 aliphatic carbocycles. The van der Waals surface area contributed by atoms with Gasteiger partial charge in [-0.1, -0.05) is 30.3 Å². The van der Waals surface area contributed by atoms with E-state index < -0.39 is 11.9 Å². The van der Waals surface area contributed by atoms with Gasteiger partial charge in [0.2, 0.25) is 5.91 Å². The van der Waals surface area contributed by atoms with Crippen molar-refractivity contribution in [1.82, 2.24) is 4.90 Å². The number of aryl methyl sites for hydroxylation is 1. The van der Waals surface area contributed by atoms with Gasteiger partial charge in [0.15, 0.2) is 5.78 Å². The molecule has 21 heavy (non-hydrogen) atoms. The third kappa shape index (κ3) is 3.90. The summed E-state index contributed by atoms with van der Waals surface area (Å²) in [5.74, 6) is -1.56. The van der Waals surface area contributed by atoms with Crippen LogP contribution in [-0.2, 0) is 25.5 Å². The van der Waals surface area contributed by atoms with Gasteiger partial charge in [-0.25, -0.2) is 0 Å². The lowest BCUT2D eigenvalue weighted by molar-refractivity contribution is -0.153. The lowest BCUT2D eigenvalue weighted by Crippen LogP contribution is -2.47. The predicted molar refractivity (Wildman–Crippen MR) is 76.5 cm³/mol. The molecule has 2 rings (SSSR count). The molecule has 112 valence electrons. The summed E-state index contributed by atoms with van der Waals surface area (Å²) in [7, 11) is 1.26. The maximum atomic E-state index is 12.2. The first-order chi connectivity index (χ1) is 10.1. The number of benzene rings is 1. The van der Waals surface area contributed by atoms with Crippen LogP contribution in [0.25, 0.3) is 0 Å². The van der Waals surface area contributed by atoms with Crippen LogP contribution in [-0.4, -0.2) is 42.8 Å². The predicted octanol–water partition coefficient (Wildman–Crippen LogP) is 1.21. The molecule has 5 heteroatoms. The van der Waals surface area contributed by atoms with Crippen LogP contribution in [0.15, 0.2) is 30.3 Å². The van der Waals surface area contributed by atoms with Crippen molar-refractivity contribution in [3.05, 3.63) is 35.9 Å². The summed E-state index contributed by atoms with van der Waals surface area (Å²) >= 11 is 0. The smallest absolute Gasteiger partial charge is 0.318 e. The molecule has 1 aliphatic rings. The molecule has 0 bridgehead atoms. The van der Waals surface area contributed by atoms with Crippen LogP contribution in [0, 0.1) is 5.92 Å². The molecule has 0 N–H and O–H groups in total. The summed E-state index contributed by atoms with van der Waals surface area (Å²) in [5.41, 5.74) is 1.10. The highest BCUT2D eigenvalue weighted by atomic mass is 16.5. The molecule has 0 saturated carbocycles. The number of Topliss-reactive ketones (excluding diaryl/α,β-unsaturated/α-hetero) is 1. The van der Waals surface area contributed by atoms with E-state index in [4.69, 9.17) is 0 Å². The van der Waals surface area contributed by atoms with Gasteiger partial charge in [0.25, 0.3) is 0 Å². The van der Waals surface area contributed by atoms with E-state index in [0.29, 0.717) is 19.4 Å². The molecule has 0 radical (unpaired) electrons. The zero-order valence-electron chi connectivity index (χ0n) is 12.1. The number of carbonyl (C=O) groups excluding carboxylic acids is 3. The number of piperidine rings is 1. The highest BCUT2D eigenvalue weighted by Gasteiger charge is 2.35. The minimum atomic E-state index is -0.829. The van der Waals surface area contributed by atoms with Gasteiger partial charge in [-0.05, 0) is 12.0 Å². The fourth-order valence-electron chi connectivity index (χ4n) is 2.46. The second kappa shape index (κ2) is 7.02. The number of hydrogen-bond donors (Lipinski definition) is 0. The lowest BCUT2D eigenvalue weighted by Gasteiger charge is -2.30. The Labute approximate surface area is 123 Å². The van der Waals surface area contributed by atoms with Crippen molar-refractivity contribution < 1.29 is 19.1 Å². The number of amides is 1. The third-order valence-electron chi connectivity index (χ3n) is 3.73. The molecule has 1 aliphatic heterocycles. The molecule has 1 atom stereocenters. The molecule has 1 aromatic carbocycles. The van der Waals surface area contributed by atoms with Crippen LogP contribution in [0.2, 0.25) is 0 Å². The molecule has 1 fully saturated rings. The third-order valence-corrected chi connectivity index (χ3v) is 3.73. The Balaban J connectivity index is 1.90. The van der Waals surface area contributed by atoms with Gasteiger partial charge in [0, 0.05) is 25.9 Å². The maximum absolute atomic E-state index is 12.2. The molecule has 1 amide bonds. The lowest BCUT2D eigenvalue weighted by atomic mass is 9.96. The summed E-state index contributed by atoms with van der Waals surface area (Å²) in [6.45, 7) is 0.527. The fourth-order valence-corrected chi connectivity index (χ4v) is 2.46. The van der Waals surface area contributed by atoms with Crippen LogP contribution in [0.3, 0.4) is 0 Å². The van der Waals surface area contributed by atoms with Gasteiger partial charge in [-0.3, -0.25) is 14.4 Å². The van der Waals surface area contributed by atoms with Gasteiger partial charge < -0.3 is 9.64 Å². The highest BCUT2D eigenvalue weighted by molar-refractivity contribution is 6.00. The van der Waals surface area contributed by atoms with E-state index in [1.54, 1.807) is 4.90 Å². The largest absolute Gasteiger partial charge is 0.468 e. The Hall–Kier alpha value is -2.17. The van der Waals surface area contributed by atoms with Crippen molar-refractivity contribution in [2.45, 2.75) is 19.3 Å². The van der Waals surface area contributed by atoms with Gasteiger partial charge in [-0.15, -0.1) is 0 Å². The standard InChI is InChI=1S/C16H19NO4/c1-21-16(20)13-11-17(10-9-14(13)18)15(19)8-7-12-5-3-2-4-6-12/h2-6,13H,7-11H2,1H3. The molecular formula is C16H19NO4. The average molecular weight is 289 g/mol. The van der Waals surface area contributed by atoms with Crippen molar-refractivity contribution in [2.24, 2.45) is 5.92 Å². The zero-order chi connectivity index (χ0) is 15.2. The first-order valence-corrected chi connectivity index (χ1v) is 7.04. The summed E-state index contributed by atoms with van der Waals surface area (Å²) < 4.78 is 4.62. The van der Waals surface area contributed by atoms with Gasteiger partial charge in [-0.2, -0.15) is 0 Å². The molecule has 1 saturated heterocycles. The van der Waals surface area contributed by atoms with Crippen molar-refractivity contribution in [1.29, 1.82) is 0 Å². The van der Waals surface area contributed by atoms with E-state index in [2.05, 4.69) is 4.74 Å². The second-order valence-corrected chi connectivity index (χ2v) is 5.12. The Morgan fingerprint density at radius 3 is 2.67 bits per heavy atom. The van der Waals surface area contributed by atoms with Gasteiger partial charge in [0.1, 0.15) is 5.92 Å². The zero-order valence-corrected chi connectivity index (χ0v) is 12.1. The van der Waals surface area contributed by atoms with Gasteiger partial charge in [0.05, 0.1) is 7.11 Å². The summed E-state index contributed by atoms with van der Waals surface area (Å²) in [4.78, 5) is 37.0. The van der Waals surface area contributed by atoms with Crippen molar-refractivity contribution in [2.75, 3.05) is 20.2 Å². The Morgan fingerprint density at radius 1 is 1.29 bits per heavy atom. The van der Waals surface area contributed by atoms with Crippen molar-refractivity contribution >= 4 is 17.7 Å². The average Bonchev–Trinajstić information content (AvgIpc) is 2.53. The molecule has 1 aromatic rings. The second-order valence-electron chi connectivity index (χ2n) is 5.12. The van der Waals surface area contributed by atoms with Crippen LogP contribution < -0.4 is 0 Å². The molecule has 0 aromatic heterocycles. The minimum absolute atomic E-state index is 0.0275. The van der Waals surface area contributed by atoms with E-state index in [1.165, 1.54) is 7.11 Å². The number of ether oxygens (including phenoxy) is 1. The van der Waals surface area contributed by atoms with Crippen LogP contribution in [0.5, 0.6) is 0 Å². The quantitative estimate of drug-likeness (QED) is 0.617. The van der Waals surface area contributed by atoms with E-state index >= 15 is 0 Å². The number of hydrogen-bond acceptors (Lipinski definition) is 4. The number of nitrogens with zero attached hydrogens (tertiary/aromatic N) is 1. The molecule has 0 spiro atoms. The van der Waals surface area contributed by atoms with Crippen molar-refractivity contribution in [3.8, 4) is 0 Å². The SMILES string of the molecule is COC(=O)C1CN(C(=O)CCc2ccccc2)CCC1=O. The summed E-state index contributed by atoms with van der Waals surface area (Å²) in [6, 6.07) is 9.76. The Bertz CT molecular complexity index is 518. The first-order valence-electron chi connectivity index (χ1n) is 7.04. The monoisotopic (exact) mass is 289 g/mol. The molecule has 1 heterocycles. The van der Waals surface area contributed by atoms with Crippen LogP contribution in [0.1, 0.15) is 18.4 Å². The van der Waals surface area contributed by atoms with Gasteiger partial charge >= 0.3 is 5.97 Å². The summed E-state index contributed by atoms with van der Waals surface area (Å²) in [5, 5.41) is 0. The number of carbonyl (C=O) groups is 3. The van der Waals surface area contributed by atoms with E-state index in [1.807, 2.05) is 30.3 Å².